The number of hydrogen-bond donors (Lipinski definition) is 1. The van der Waals surface area contributed by atoms with Crippen LogP contribution < -0.4 is 14.9 Å². The minimum Gasteiger partial charge on any atom is -0.491 e. The number of rotatable bonds is 5. The van der Waals surface area contributed by atoms with Crippen molar-refractivity contribution < 1.29 is 27.4 Å². The Hall–Kier alpha value is -3.20. The average Bonchev–Trinajstić information content (AvgIpc) is 3.47. The Morgan fingerprint density at radius 1 is 1.06 bits per heavy atom. The summed E-state index contributed by atoms with van der Waals surface area (Å²) in [6, 6.07) is 11.4. The average molecular weight is 473 g/mol. The lowest BCUT2D eigenvalue weighted by molar-refractivity contribution is -0.274. The lowest BCUT2D eigenvalue weighted by atomic mass is 10.0. The van der Waals surface area contributed by atoms with E-state index in [1.54, 1.807) is 23.1 Å². The van der Waals surface area contributed by atoms with Gasteiger partial charge in [0.25, 0.3) is 5.91 Å². The molecule has 1 saturated carbocycles. The Labute approximate surface area is 195 Å². The van der Waals surface area contributed by atoms with Gasteiger partial charge >= 0.3 is 6.36 Å². The second-order valence-corrected chi connectivity index (χ2v) is 8.81. The van der Waals surface area contributed by atoms with Gasteiger partial charge in [-0.25, -0.2) is 5.43 Å². The van der Waals surface area contributed by atoms with E-state index in [2.05, 4.69) is 27.4 Å². The lowest BCUT2D eigenvalue weighted by Crippen LogP contribution is -2.47. The van der Waals surface area contributed by atoms with Crippen molar-refractivity contribution in [2.45, 2.75) is 44.1 Å². The largest absolute Gasteiger partial charge is 0.573 e. The number of fused-ring (bicyclic) bond motifs is 1. The van der Waals surface area contributed by atoms with E-state index in [0.29, 0.717) is 48.2 Å². The van der Waals surface area contributed by atoms with E-state index in [1.807, 2.05) is 0 Å². The molecule has 3 aliphatic rings. The van der Waals surface area contributed by atoms with Gasteiger partial charge in [-0.2, -0.15) is 0 Å². The summed E-state index contributed by atoms with van der Waals surface area (Å²) in [5.74, 6) is 0.0945. The zero-order valence-corrected chi connectivity index (χ0v) is 18.6. The molecule has 180 valence electrons. The van der Waals surface area contributed by atoms with E-state index >= 15 is 0 Å². The molecule has 0 aromatic heterocycles. The van der Waals surface area contributed by atoms with Crippen LogP contribution in [0.1, 0.15) is 36.0 Å². The molecular formula is C25H26F3N3O3. The van der Waals surface area contributed by atoms with E-state index in [9.17, 15) is 18.0 Å². The highest BCUT2D eigenvalue weighted by atomic mass is 19.4. The summed E-state index contributed by atoms with van der Waals surface area (Å²) >= 11 is 0. The number of amides is 1. The molecule has 1 amide bonds. The molecule has 2 aromatic carbocycles. The van der Waals surface area contributed by atoms with Crippen LogP contribution in [0.2, 0.25) is 0 Å². The molecule has 0 radical (unpaired) electrons. The van der Waals surface area contributed by atoms with Gasteiger partial charge in [-0.1, -0.05) is 31.0 Å². The molecule has 0 spiro atoms. The van der Waals surface area contributed by atoms with Crippen molar-refractivity contribution in [1.29, 1.82) is 0 Å². The standard InChI is InChI=1S/C25H26F3N3O3/c26-25(27,28)34-21-8-5-17(6-9-21)18-7-10-23-22(15-18)24(32)30(13-14-33-23)16-19-11-12-31(29-19)20-3-1-2-4-20/h5-12,15,19-20,29H,1-4,13-14,16H2. The number of ether oxygens (including phenoxy) is 2. The van der Waals surface area contributed by atoms with Crippen LogP contribution in [-0.2, 0) is 0 Å². The summed E-state index contributed by atoms with van der Waals surface area (Å²) in [4.78, 5) is 15.2. The molecule has 1 fully saturated rings. The third-order valence-corrected chi connectivity index (χ3v) is 6.47. The SMILES string of the molecule is O=C1c2cc(-c3ccc(OC(F)(F)F)cc3)ccc2OCCN1CC1C=CN(C2CCCC2)N1. The first-order valence-electron chi connectivity index (χ1n) is 11.5. The van der Waals surface area contributed by atoms with Crippen LogP contribution in [0, 0.1) is 0 Å². The van der Waals surface area contributed by atoms with Crippen LogP contribution >= 0.6 is 0 Å². The predicted octanol–water partition coefficient (Wildman–Crippen LogP) is 4.73. The quantitative estimate of drug-likeness (QED) is 0.681. The summed E-state index contributed by atoms with van der Waals surface area (Å²) in [6.45, 7) is 1.39. The molecule has 1 aliphatic carbocycles. The third-order valence-electron chi connectivity index (χ3n) is 6.47. The number of hydrazine groups is 1. The molecule has 34 heavy (non-hydrogen) atoms. The molecule has 2 heterocycles. The van der Waals surface area contributed by atoms with Crippen molar-refractivity contribution in [1.82, 2.24) is 15.3 Å². The number of carbonyl (C=O) groups excluding carboxylic acids is 1. The van der Waals surface area contributed by atoms with Gasteiger partial charge in [0.2, 0.25) is 0 Å². The number of nitrogens with one attached hydrogen (secondary N) is 1. The van der Waals surface area contributed by atoms with Gasteiger partial charge in [-0.05, 0) is 54.3 Å². The molecular weight excluding hydrogens is 447 g/mol. The fraction of sp³-hybridized carbons (Fsp3) is 0.400. The van der Waals surface area contributed by atoms with Gasteiger partial charge in [0.05, 0.1) is 18.2 Å². The lowest BCUT2D eigenvalue weighted by Gasteiger charge is -2.28. The van der Waals surface area contributed by atoms with Gasteiger partial charge in [-0.3, -0.25) is 4.79 Å². The summed E-state index contributed by atoms with van der Waals surface area (Å²) < 4.78 is 47.0. The third kappa shape index (κ3) is 4.99. The van der Waals surface area contributed by atoms with Crippen LogP contribution in [0.4, 0.5) is 13.2 Å². The van der Waals surface area contributed by atoms with E-state index in [1.165, 1.54) is 49.9 Å². The number of benzene rings is 2. The van der Waals surface area contributed by atoms with Crippen molar-refractivity contribution in [3.05, 3.63) is 60.3 Å². The number of carbonyl (C=O) groups is 1. The molecule has 1 N–H and O–H groups in total. The molecule has 5 rings (SSSR count). The molecule has 1 atom stereocenters. The topological polar surface area (TPSA) is 54.0 Å². The molecule has 6 nitrogen and oxygen atoms in total. The Kier molecular flexibility index (Phi) is 6.12. The summed E-state index contributed by atoms with van der Waals surface area (Å²) in [6.07, 6.45) is 4.30. The zero-order chi connectivity index (χ0) is 23.7. The second-order valence-electron chi connectivity index (χ2n) is 8.81. The van der Waals surface area contributed by atoms with Gasteiger partial charge < -0.3 is 19.4 Å². The number of hydrogen-bond acceptors (Lipinski definition) is 5. The van der Waals surface area contributed by atoms with Crippen LogP contribution in [-0.4, -0.2) is 54.0 Å². The molecule has 9 heteroatoms. The fourth-order valence-electron chi connectivity index (χ4n) is 4.79. The monoisotopic (exact) mass is 473 g/mol. The first-order valence-corrected chi connectivity index (χ1v) is 11.5. The molecule has 0 saturated heterocycles. The summed E-state index contributed by atoms with van der Waals surface area (Å²) in [7, 11) is 0. The van der Waals surface area contributed by atoms with Crippen molar-refractivity contribution in [3.8, 4) is 22.6 Å². The van der Waals surface area contributed by atoms with E-state index < -0.39 is 6.36 Å². The van der Waals surface area contributed by atoms with Crippen LogP contribution in [0.25, 0.3) is 11.1 Å². The van der Waals surface area contributed by atoms with Gasteiger partial charge in [0.15, 0.2) is 0 Å². The molecule has 2 aromatic rings. The molecule has 2 aliphatic heterocycles. The van der Waals surface area contributed by atoms with Gasteiger partial charge in [0, 0.05) is 18.8 Å². The summed E-state index contributed by atoms with van der Waals surface area (Å²) in [5, 5.41) is 2.18. The zero-order valence-electron chi connectivity index (χ0n) is 18.6. The second kappa shape index (κ2) is 9.21. The van der Waals surface area contributed by atoms with E-state index in [-0.39, 0.29) is 17.7 Å². The minimum atomic E-state index is -4.74. The highest BCUT2D eigenvalue weighted by Gasteiger charge is 2.31. The Bertz CT molecular complexity index is 1070. The Balaban J connectivity index is 1.29. The van der Waals surface area contributed by atoms with Crippen molar-refractivity contribution in [2.75, 3.05) is 19.7 Å². The highest BCUT2D eigenvalue weighted by Crippen LogP contribution is 2.32. The first kappa shape index (κ1) is 22.6. The maximum atomic E-state index is 13.4. The summed E-state index contributed by atoms with van der Waals surface area (Å²) in [5.41, 5.74) is 5.33. The molecule has 1 unspecified atom stereocenters. The van der Waals surface area contributed by atoms with Crippen molar-refractivity contribution >= 4 is 5.91 Å². The number of halogens is 3. The van der Waals surface area contributed by atoms with Crippen molar-refractivity contribution in [2.24, 2.45) is 0 Å². The van der Waals surface area contributed by atoms with E-state index in [0.717, 1.165) is 0 Å². The van der Waals surface area contributed by atoms with Crippen molar-refractivity contribution in [3.63, 3.8) is 0 Å². The highest BCUT2D eigenvalue weighted by molar-refractivity contribution is 5.98. The van der Waals surface area contributed by atoms with Crippen LogP contribution in [0.5, 0.6) is 11.5 Å². The normalized spacial score (nSPS) is 20.9. The maximum Gasteiger partial charge on any atom is 0.573 e. The Morgan fingerprint density at radius 3 is 2.53 bits per heavy atom. The van der Waals surface area contributed by atoms with Gasteiger partial charge in [0.1, 0.15) is 18.1 Å². The van der Waals surface area contributed by atoms with Gasteiger partial charge in [-0.15, -0.1) is 13.2 Å². The first-order chi connectivity index (χ1) is 16.4. The van der Waals surface area contributed by atoms with Crippen LogP contribution in [0.3, 0.4) is 0 Å². The Morgan fingerprint density at radius 2 is 1.79 bits per heavy atom. The fourth-order valence-corrected chi connectivity index (χ4v) is 4.79. The minimum absolute atomic E-state index is 0.0375. The van der Waals surface area contributed by atoms with E-state index in [4.69, 9.17) is 4.74 Å². The predicted molar refractivity (Wildman–Crippen MR) is 120 cm³/mol. The molecule has 0 bridgehead atoms. The smallest absolute Gasteiger partial charge is 0.491 e. The number of alkyl halides is 3. The maximum absolute atomic E-state index is 13.4. The van der Waals surface area contributed by atoms with Crippen LogP contribution in [0.15, 0.2) is 54.7 Å². The number of nitrogens with zero attached hydrogens (tertiary/aromatic N) is 2.